The summed E-state index contributed by atoms with van der Waals surface area (Å²) < 4.78 is 0. The molecule has 0 bridgehead atoms. The highest BCUT2D eigenvalue weighted by molar-refractivity contribution is 5.77. The van der Waals surface area contributed by atoms with E-state index in [9.17, 15) is 14.4 Å². The van der Waals surface area contributed by atoms with Crippen molar-refractivity contribution in [1.82, 2.24) is 0 Å². The Morgan fingerprint density at radius 1 is 1.00 bits per heavy atom. The van der Waals surface area contributed by atoms with Crippen LogP contribution in [0.15, 0.2) is 0 Å². The first kappa shape index (κ1) is 11.4. The molecule has 0 spiro atoms. The quantitative estimate of drug-likeness (QED) is 0.517. The van der Waals surface area contributed by atoms with E-state index in [1.54, 1.807) is 0 Å². The number of aliphatic carboxylic acids is 2. The zero-order chi connectivity index (χ0) is 10.4. The molecule has 0 atom stereocenters. The Balaban J connectivity index is 4.10. The number of carboxylic acid groups (broad SMARTS) is 2. The lowest BCUT2D eigenvalue weighted by Gasteiger charge is -2.08. The van der Waals surface area contributed by atoms with Gasteiger partial charge in [0.25, 0.3) is 0 Å². The van der Waals surface area contributed by atoms with Gasteiger partial charge in [-0.05, 0) is 5.92 Å². The average molecular weight is 189 g/mol. The van der Waals surface area contributed by atoms with Crippen LogP contribution in [0.5, 0.6) is 0 Å². The molecular formula is C7H11NO5. The predicted octanol–water partition coefficient (Wildman–Crippen LogP) is -0.573. The summed E-state index contributed by atoms with van der Waals surface area (Å²) in [5.74, 6) is -3.67. The first-order valence-electron chi connectivity index (χ1n) is 3.63. The zero-order valence-corrected chi connectivity index (χ0v) is 6.90. The molecule has 0 rings (SSSR count). The summed E-state index contributed by atoms with van der Waals surface area (Å²) in [7, 11) is 0. The monoisotopic (exact) mass is 189 g/mol. The highest BCUT2D eigenvalue weighted by atomic mass is 16.4. The van der Waals surface area contributed by atoms with Gasteiger partial charge in [-0.3, -0.25) is 14.4 Å². The average Bonchev–Trinajstić information content (AvgIpc) is 1.80. The van der Waals surface area contributed by atoms with Crippen LogP contribution in [0.1, 0.15) is 19.3 Å². The molecule has 0 radical (unpaired) electrons. The number of primary amides is 1. The van der Waals surface area contributed by atoms with E-state index >= 15 is 0 Å². The van der Waals surface area contributed by atoms with E-state index in [0.29, 0.717) is 0 Å². The fourth-order valence-electron chi connectivity index (χ4n) is 0.995. The van der Waals surface area contributed by atoms with Gasteiger partial charge >= 0.3 is 11.9 Å². The van der Waals surface area contributed by atoms with Crippen molar-refractivity contribution in [3.05, 3.63) is 0 Å². The second kappa shape index (κ2) is 5.13. The maximum atomic E-state index is 10.4. The largest absolute Gasteiger partial charge is 0.481 e. The molecule has 0 fully saturated rings. The maximum Gasteiger partial charge on any atom is 0.303 e. The normalized spacial score (nSPS) is 9.92. The third kappa shape index (κ3) is 6.79. The summed E-state index contributed by atoms with van der Waals surface area (Å²) in [6, 6.07) is 0. The molecule has 0 saturated carbocycles. The van der Waals surface area contributed by atoms with E-state index in [1.165, 1.54) is 0 Å². The molecule has 13 heavy (non-hydrogen) atoms. The van der Waals surface area contributed by atoms with Crippen LogP contribution in [0, 0.1) is 5.92 Å². The number of hydrogen-bond donors (Lipinski definition) is 3. The van der Waals surface area contributed by atoms with E-state index in [2.05, 4.69) is 0 Å². The number of nitrogens with two attached hydrogens (primary N) is 1. The molecule has 0 aliphatic heterocycles. The summed E-state index contributed by atoms with van der Waals surface area (Å²) in [6.07, 6.45) is -0.914. The highest BCUT2D eigenvalue weighted by Gasteiger charge is 2.18. The molecule has 0 aromatic heterocycles. The molecule has 1 amide bonds. The van der Waals surface area contributed by atoms with Gasteiger partial charge in [-0.2, -0.15) is 0 Å². The fraction of sp³-hybridized carbons (Fsp3) is 0.571. The smallest absolute Gasteiger partial charge is 0.303 e. The number of carbonyl (C=O) groups is 3. The zero-order valence-electron chi connectivity index (χ0n) is 6.90. The first-order valence-corrected chi connectivity index (χ1v) is 3.63. The minimum Gasteiger partial charge on any atom is -0.481 e. The van der Waals surface area contributed by atoms with E-state index in [-0.39, 0.29) is 19.3 Å². The molecule has 0 aliphatic carbocycles. The van der Waals surface area contributed by atoms with Crippen molar-refractivity contribution in [1.29, 1.82) is 0 Å². The number of hydrogen-bond acceptors (Lipinski definition) is 3. The van der Waals surface area contributed by atoms with Crippen LogP contribution in [0.2, 0.25) is 0 Å². The standard InChI is InChI=1S/C7H11NO5/c8-5(9)1-4(2-6(10)11)3-7(12)13/h4H,1-3H2,(H2,8,9)(H,10,11)(H,12,13). The molecule has 0 aromatic rings. The Morgan fingerprint density at radius 3 is 1.62 bits per heavy atom. The van der Waals surface area contributed by atoms with Crippen LogP contribution in [-0.2, 0) is 14.4 Å². The lowest BCUT2D eigenvalue weighted by atomic mass is 9.97. The lowest BCUT2D eigenvalue weighted by molar-refractivity contribution is -0.140. The Kier molecular flexibility index (Phi) is 4.50. The van der Waals surface area contributed by atoms with E-state index in [0.717, 1.165) is 0 Å². The molecule has 0 heterocycles. The molecule has 6 nitrogen and oxygen atoms in total. The van der Waals surface area contributed by atoms with Gasteiger partial charge in [0.1, 0.15) is 0 Å². The summed E-state index contributed by atoms with van der Waals surface area (Å²) in [5.41, 5.74) is 4.82. The molecule has 0 aliphatic rings. The van der Waals surface area contributed by atoms with Crippen LogP contribution >= 0.6 is 0 Å². The number of rotatable bonds is 6. The Hall–Kier alpha value is -1.59. The molecule has 0 aromatic carbocycles. The van der Waals surface area contributed by atoms with Gasteiger partial charge < -0.3 is 15.9 Å². The number of carbonyl (C=O) groups excluding carboxylic acids is 1. The lowest BCUT2D eigenvalue weighted by Crippen LogP contribution is -2.20. The van der Waals surface area contributed by atoms with Crippen molar-refractivity contribution < 1.29 is 24.6 Å². The molecular weight excluding hydrogens is 178 g/mol. The molecule has 0 saturated heterocycles. The van der Waals surface area contributed by atoms with E-state index < -0.39 is 23.8 Å². The van der Waals surface area contributed by atoms with Crippen LogP contribution < -0.4 is 5.73 Å². The molecule has 74 valence electrons. The topological polar surface area (TPSA) is 118 Å². The molecule has 6 heteroatoms. The fourth-order valence-corrected chi connectivity index (χ4v) is 0.995. The predicted molar refractivity (Wildman–Crippen MR) is 41.8 cm³/mol. The van der Waals surface area contributed by atoms with E-state index in [1.807, 2.05) is 0 Å². The number of carboxylic acids is 2. The highest BCUT2D eigenvalue weighted by Crippen LogP contribution is 2.12. The van der Waals surface area contributed by atoms with Crippen molar-refractivity contribution in [2.45, 2.75) is 19.3 Å². The maximum absolute atomic E-state index is 10.4. The van der Waals surface area contributed by atoms with Gasteiger partial charge in [0, 0.05) is 19.3 Å². The van der Waals surface area contributed by atoms with E-state index in [4.69, 9.17) is 15.9 Å². The molecule has 0 unspecified atom stereocenters. The van der Waals surface area contributed by atoms with Crippen LogP contribution in [-0.4, -0.2) is 28.1 Å². The second-order valence-electron chi connectivity index (χ2n) is 2.73. The van der Waals surface area contributed by atoms with Crippen LogP contribution in [0.4, 0.5) is 0 Å². The van der Waals surface area contributed by atoms with Gasteiger partial charge in [-0.1, -0.05) is 0 Å². The Labute approximate surface area is 74.3 Å². The third-order valence-electron chi connectivity index (χ3n) is 1.42. The van der Waals surface area contributed by atoms with Gasteiger partial charge in [0.2, 0.25) is 5.91 Å². The first-order chi connectivity index (χ1) is 5.91. The van der Waals surface area contributed by atoms with Gasteiger partial charge in [0.15, 0.2) is 0 Å². The van der Waals surface area contributed by atoms with Crippen molar-refractivity contribution in [3.8, 4) is 0 Å². The Bertz CT molecular complexity index is 187. The third-order valence-corrected chi connectivity index (χ3v) is 1.42. The van der Waals surface area contributed by atoms with Crippen molar-refractivity contribution in [2.75, 3.05) is 0 Å². The summed E-state index contributed by atoms with van der Waals surface area (Å²) in [6.45, 7) is 0. The van der Waals surface area contributed by atoms with Gasteiger partial charge in [0.05, 0.1) is 0 Å². The van der Waals surface area contributed by atoms with Crippen LogP contribution in [0.3, 0.4) is 0 Å². The second-order valence-corrected chi connectivity index (χ2v) is 2.73. The van der Waals surface area contributed by atoms with Crippen molar-refractivity contribution >= 4 is 17.8 Å². The SMILES string of the molecule is NC(=O)CC(CC(=O)O)CC(=O)O. The minimum absolute atomic E-state index is 0.210. The summed E-state index contributed by atoms with van der Waals surface area (Å²) in [4.78, 5) is 30.9. The minimum atomic E-state index is -1.13. The van der Waals surface area contributed by atoms with Crippen molar-refractivity contribution in [3.63, 3.8) is 0 Å². The van der Waals surface area contributed by atoms with Crippen LogP contribution in [0.25, 0.3) is 0 Å². The van der Waals surface area contributed by atoms with Crippen molar-refractivity contribution in [2.24, 2.45) is 11.7 Å². The Morgan fingerprint density at radius 2 is 1.38 bits per heavy atom. The molecule has 4 N–H and O–H groups in total. The summed E-state index contributed by atoms with van der Waals surface area (Å²) >= 11 is 0. The summed E-state index contributed by atoms with van der Waals surface area (Å²) in [5, 5.41) is 16.7. The number of amides is 1. The van der Waals surface area contributed by atoms with Gasteiger partial charge in [-0.15, -0.1) is 0 Å². The van der Waals surface area contributed by atoms with Gasteiger partial charge in [-0.25, -0.2) is 0 Å².